The highest BCUT2D eigenvalue weighted by Gasteiger charge is 2.49. The number of hydrogen-bond donors (Lipinski definition) is 1. The normalized spacial score (nSPS) is 16.8. The van der Waals surface area contributed by atoms with Crippen LogP contribution in [0.3, 0.4) is 0 Å². The largest absolute Gasteiger partial charge is 0.444 e. The lowest BCUT2D eigenvalue weighted by atomic mass is 9.81. The van der Waals surface area contributed by atoms with Gasteiger partial charge in [-0.1, -0.05) is 13.8 Å². The highest BCUT2D eigenvalue weighted by molar-refractivity contribution is 6.07. The molecule has 4 heterocycles. The number of ether oxygens (including phenoxy) is 1. The Morgan fingerprint density at radius 1 is 1.22 bits per heavy atom. The zero-order valence-electron chi connectivity index (χ0n) is 26.4. The van der Waals surface area contributed by atoms with Crippen LogP contribution in [0, 0.1) is 11.3 Å². The number of carbonyl (C=O) groups is 3. The van der Waals surface area contributed by atoms with Crippen molar-refractivity contribution >= 4 is 35.2 Å². The van der Waals surface area contributed by atoms with Crippen molar-refractivity contribution in [1.29, 1.82) is 0 Å². The van der Waals surface area contributed by atoms with Gasteiger partial charge in [0.15, 0.2) is 11.5 Å². The summed E-state index contributed by atoms with van der Waals surface area (Å²) in [5.41, 5.74) is -1.39. The second-order valence-corrected chi connectivity index (χ2v) is 12.7. The standard InChI is InChI=1S/C29H37F3N8O5/c1-27(2,3)45-26(43)40(16-29(30,31)32)21-11-17(9-10-33-21)24-35-20(15-44-24)23(41)34-19-14-38(8)36-22(19)39-13-18(12-37(6)7)28(4,5)25(39)42/h9-11,14-15,18H,12-13,16H2,1-8H3,(H,34,41). The number of amides is 3. The summed E-state index contributed by atoms with van der Waals surface area (Å²) in [5, 5.41) is 7.16. The number of pyridine rings is 1. The van der Waals surface area contributed by atoms with Gasteiger partial charge in [0.05, 0.1) is 6.20 Å². The maximum Gasteiger partial charge on any atom is 0.416 e. The van der Waals surface area contributed by atoms with Crippen LogP contribution in [0.2, 0.25) is 0 Å². The summed E-state index contributed by atoms with van der Waals surface area (Å²) < 4.78 is 52.2. The molecule has 16 heteroatoms. The first-order chi connectivity index (χ1) is 20.7. The number of nitrogens with zero attached hydrogens (tertiary/aromatic N) is 7. The lowest BCUT2D eigenvalue weighted by molar-refractivity contribution is -0.125. The molecular weight excluding hydrogens is 597 g/mol. The van der Waals surface area contributed by atoms with Crippen LogP contribution in [0.1, 0.15) is 45.1 Å². The van der Waals surface area contributed by atoms with Crippen LogP contribution >= 0.6 is 0 Å². The fourth-order valence-electron chi connectivity index (χ4n) is 4.86. The smallest absolute Gasteiger partial charge is 0.416 e. The molecule has 0 spiro atoms. The third-order valence-corrected chi connectivity index (χ3v) is 7.08. The van der Waals surface area contributed by atoms with Gasteiger partial charge in [0.2, 0.25) is 11.8 Å². The number of oxazole rings is 1. The summed E-state index contributed by atoms with van der Waals surface area (Å²) in [4.78, 5) is 51.3. The van der Waals surface area contributed by atoms with Crippen LogP contribution in [0.4, 0.5) is 35.3 Å². The fourth-order valence-corrected chi connectivity index (χ4v) is 4.86. The quantitative estimate of drug-likeness (QED) is 0.377. The monoisotopic (exact) mass is 634 g/mol. The number of halogens is 3. The fraction of sp³-hybridized carbons (Fsp3) is 0.517. The number of aromatic nitrogens is 4. The van der Waals surface area contributed by atoms with Crippen molar-refractivity contribution in [3.63, 3.8) is 0 Å². The molecule has 0 bridgehead atoms. The van der Waals surface area contributed by atoms with Crippen molar-refractivity contribution in [2.24, 2.45) is 18.4 Å². The van der Waals surface area contributed by atoms with Gasteiger partial charge in [0, 0.05) is 43.2 Å². The van der Waals surface area contributed by atoms with Crippen LogP contribution in [0.5, 0.6) is 0 Å². The van der Waals surface area contributed by atoms with E-state index >= 15 is 0 Å². The Morgan fingerprint density at radius 2 is 1.91 bits per heavy atom. The Balaban J connectivity index is 1.56. The lowest BCUT2D eigenvalue weighted by Crippen LogP contribution is -2.42. The van der Waals surface area contributed by atoms with Crippen molar-refractivity contribution in [2.45, 2.75) is 46.4 Å². The molecule has 1 saturated heterocycles. The Morgan fingerprint density at radius 3 is 2.53 bits per heavy atom. The van der Waals surface area contributed by atoms with Crippen LogP contribution < -0.4 is 15.1 Å². The number of hydrogen-bond acceptors (Lipinski definition) is 9. The number of alkyl halides is 3. The molecule has 0 aromatic carbocycles. The molecule has 1 N–H and O–H groups in total. The number of anilines is 3. The molecule has 0 aliphatic carbocycles. The van der Waals surface area contributed by atoms with Crippen molar-refractivity contribution < 1.29 is 36.7 Å². The number of rotatable bonds is 8. The summed E-state index contributed by atoms with van der Waals surface area (Å²) in [6, 6.07) is 2.58. The van der Waals surface area contributed by atoms with E-state index in [0.717, 1.165) is 6.26 Å². The van der Waals surface area contributed by atoms with Gasteiger partial charge in [-0.05, 0) is 47.0 Å². The van der Waals surface area contributed by atoms with E-state index in [1.54, 1.807) is 18.1 Å². The lowest BCUT2D eigenvalue weighted by Gasteiger charge is -2.27. The van der Waals surface area contributed by atoms with Crippen molar-refractivity contribution in [2.75, 3.05) is 48.8 Å². The van der Waals surface area contributed by atoms with Crippen molar-refractivity contribution in [1.82, 2.24) is 24.6 Å². The van der Waals surface area contributed by atoms with E-state index < -0.39 is 35.7 Å². The topological polar surface area (TPSA) is 139 Å². The Labute approximate surface area is 258 Å². The summed E-state index contributed by atoms with van der Waals surface area (Å²) >= 11 is 0. The SMILES string of the molecule is CN(C)CC1CN(c2nn(C)cc2NC(=O)c2coc(-c3ccnc(N(CC(F)(F)F)C(=O)OC(C)(C)C)c3)n2)C(=O)C1(C)C. The molecule has 0 radical (unpaired) electrons. The molecule has 0 saturated carbocycles. The number of carbonyl (C=O) groups excluding carboxylic acids is 3. The van der Waals surface area contributed by atoms with E-state index in [0.29, 0.717) is 23.8 Å². The maximum absolute atomic E-state index is 13.4. The van der Waals surface area contributed by atoms with Crippen LogP contribution in [0.15, 0.2) is 35.2 Å². The minimum absolute atomic E-state index is 0.0243. The molecule has 3 aromatic rings. The molecule has 1 aliphatic heterocycles. The van der Waals surface area contributed by atoms with Gasteiger partial charge in [-0.25, -0.2) is 14.8 Å². The molecule has 45 heavy (non-hydrogen) atoms. The number of nitrogens with one attached hydrogen (secondary N) is 1. The van der Waals surface area contributed by atoms with E-state index in [-0.39, 0.29) is 40.5 Å². The summed E-state index contributed by atoms with van der Waals surface area (Å²) in [6.45, 7) is 7.83. The molecule has 13 nitrogen and oxygen atoms in total. The first kappa shape index (κ1) is 33.4. The molecular formula is C29H37F3N8O5. The van der Waals surface area contributed by atoms with Gasteiger partial charge >= 0.3 is 12.3 Å². The second kappa shape index (κ2) is 12.1. The highest BCUT2D eigenvalue weighted by atomic mass is 19.4. The molecule has 3 aromatic heterocycles. The predicted molar refractivity (Wildman–Crippen MR) is 159 cm³/mol. The summed E-state index contributed by atoms with van der Waals surface area (Å²) in [5.74, 6) is -0.928. The second-order valence-electron chi connectivity index (χ2n) is 12.7. The average Bonchev–Trinajstić information content (AvgIpc) is 3.59. The molecule has 1 unspecified atom stereocenters. The maximum atomic E-state index is 13.4. The van der Waals surface area contributed by atoms with Crippen LogP contribution in [-0.2, 0) is 16.6 Å². The predicted octanol–water partition coefficient (Wildman–Crippen LogP) is 4.58. The zero-order chi connectivity index (χ0) is 33.5. The third kappa shape index (κ3) is 7.79. The van der Waals surface area contributed by atoms with Crippen LogP contribution in [-0.4, -0.2) is 88.1 Å². The molecule has 1 fully saturated rings. The van der Waals surface area contributed by atoms with Gasteiger partial charge < -0.3 is 19.4 Å². The third-order valence-electron chi connectivity index (χ3n) is 7.08. The van der Waals surface area contributed by atoms with E-state index in [1.807, 2.05) is 32.8 Å². The van der Waals surface area contributed by atoms with Crippen molar-refractivity contribution in [3.05, 3.63) is 36.5 Å². The minimum atomic E-state index is -4.74. The highest BCUT2D eigenvalue weighted by Crippen LogP contribution is 2.41. The molecule has 1 aliphatic rings. The van der Waals surface area contributed by atoms with E-state index in [1.165, 1.54) is 43.8 Å². The Kier molecular flexibility index (Phi) is 9.02. The Hall–Kier alpha value is -4.47. The van der Waals surface area contributed by atoms with E-state index in [4.69, 9.17) is 9.15 Å². The van der Waals surface area contributed by atoms with Gasteiger partial charge in [-0.15, -0.1) is 0 Å². The van der Waals surface area contributed by atoms with Crippen LogP contribution in [0.25, 0.3) is 11.5 Å². The molecule has 3 amide bonds. The minimum Gasteiger partial charge on any atom is -0.444 e. The molecule has 244 valence electrons. The number of aryl methyl sites for hydroxylation is 1. The molecule has 4 rings (SSSR count). The first-order valence-corrected chi connectivity index (χ1v) is 14.1. The Bertz CT molecular complexity index is 1570. The van der Waals surface area contributed by atoms with Gasteiger partial charge in [-0.3, -0.25) is 24.1 Å². The summed E-state index contributed by atoms with van der Waals surface area (Å²) in [6.07, 6.45) is -2.15. The average molecular weight is 635 g/mol. The van der Waals surface area contributed by atoms with Gasteiger partial charge in [0.1, 0.15) is 29.9 Å². The molecule has 1 atom stereocenters. The zero-order valence-corrected chi connectivity index (χ0v) is 26.4. The van der Waals surface area contributed by atoms with E-state index in [9.17, 15) is 27.6 Å². The van der Waals surface area contributed by atoms with E-state index in [2.05, 4.69) is 20.4 Å². The van der Waals surface area contributed by atoms with Gasteiger partial charge in [0.25, 0.3) is 5.91 Å². The van der Waals surface area contributed by atoms with Gasteiger partial charge in [-0.2, -0.15) is 18.3 Å². The summed E-state index contributed by atoms with van der Waals surface area (Å²) in [7, 11) is 5.54. The first-order valence-electron chi connectivity index (χ1n) is 14.1. The van der Waals surface area contributed by atoms with Crippen molar-refractivity contribution in [3.8, 4) is 11.5 Å².